The maximum atomic E-state index is 11.5. The lowest BCUT2D eigenvalue weighted by Gasteiger charge is -2.17. The Labute approximate surface area is 95.6 Å². The van der Waals surface area contributed by atoms with Gasteiger partial charge in [-0.1, -0.05) is 24.3 Å². The minimum absolute atomic E-state index is 0.353. The van der Waals surface area contributed by atoms with Gasteiger partial charge in [-0.05, 0) is 17.5 Å². The van der Waals surface area contributed by atoms with Gasteiger partial charge in [0.15, 0.2) is 0 Å². The summed E-state index contributed by atoms with van der Waals surface area (Å²) < 4.78 is 24.4. The zero-order chi connectivity index (χ0) is 11.8. The molecule has 0 fully saturated rings. The van der Waals surface area contributed by atoms with Gasteiger partial charge in [0.1, 0.15) is 0 Å². The lowest BCUT2D eigenvalue weighted by Crippen LogP contribution is -2.29. The van der Waals surface area contributed by atoms with E-state index in [1.807, 2.05) is 24.3 Å². The summed E-state index contributed by atoms with van der Waals surface area (Å²) in [5.41, 5.74) is 1.73. The van der Waals surface area contributed by atoms with Crippen LogP contribution in [0.4, 0.5) is 0 Å². The van der Waals surface area contributed by atoms with Crippen LogP contribution in [0, 0.1) is 0 Å². The van der Waals surface area contributed by atoms with Gasteiger partial charge < -0.3 is 5.11 Å². The number of benzene rings is 1. The first-order chi connectivity index (χ1) is 7.48. The van der Waals surface area contributed by atoms with Crippen molar-refractivity contribution in [2.24, 2.45) is 0 Å². The molecule has 1 aromatic carbocycles. The van der Waals surface area contributed by atoms with Crippen LogP contribution in [0.25, 0.3) is 0 Å². The second-order valence-electron chi connectivity index (χ2n) is 4.10. The Bertz CT molecular complexity index is 484. The Balaban J connectivity index is 2.39. The number of sulfonamides is 1. The molecule has 1 N–H and O–H groups in total. The second kappa shape index (κ2) is 4.16. The summed E-state index contributed by atoms with van der Waals surface area (Å²) in [5, 5.41) is 9.90. The van der Waals surface area contributed by atoms with Crippen molar-refractivity contribution in [2.45, 2.75) is 19.1 Å². The predicted molar refractivity (Wildman–Crippen MR) is 61.3 cm³/mol. The molecular weight excluding hydrogens is 226 g/mol. The third-order valence-electron chi connectivity index (χ3n) is 2.88. The topological polar surface area (TPSA) is 57.6 Å². The van der Waals surface area contributed by atoms with Gasteiger partial charge in [0.05, 0.1) is 12.4 Å². The molecule has 1 aliphatic rings. The SMILES string of the molecule is CS(=O)(=O)N1CCC(O)c2ccccc2C1. The fourth-order valence-corrected chi connectivity index (χ4v) is 2.79. The van der Waals surface area contributed by atoms with Crippen LogP contribution in [0.3, 0.4) is 0 Å². The zero-order valence-electron chi connectivity index (χ0n) is 9.13. The van der Waals surface area contributed by atoms with Crippen molar-refractivity contribution in [1.82, 2.24) is 4.31 Å². The van der Waals surface area contributed by atoms with E-state index in [-0.39, 0.29) is 0 Å². The molecule has 16 heavy (non-hydrogen) atoms. The van der Waals surface area contributed by atoms with Gasteiger partial charge in [0.25, 0.3) is 0 Å². The molecule has 0 amide bonds. The summed E-state index contributed by atoms with van der Waals surface area (Å²) in [4.78, 5) is 0. The summed E-state index contributed by atoms with van der Waals surface area (Å²) in [6.07, 6.45) is 1.08. The Kier molecular flexibility index (Phi) is 3.01. The fourth-order valence-electron chi connectivity index (χ4n) is 1.98. The molecule has 4 nitrogen and oxygen atoms in total. The molecule has 0 bridgehead atoms. The molecule has 1 unspecified atom stereocenters. The van der Waals surface area contributed by atoms with E-state index in [4.69, 9.17) is 0 Å². The molecule has 0 radical (unpaired) electrons. The van der Waals surface area contributed by atoms with Crippen LogP contribution in [-0.4, -0.2) is 30.6 Å². The Morgan fingerprint density at radius 1 is 1.38 bits per heavy atom. The van der Waals surface area contributed by atoms with Gasteiger partial charge in [-0.15, -0.1) is 0 Å². The quantitative estimate of drug-likeness (QED) is 0.794. The van der Waals surface area contributed by atoms with Gasteiger partial charge in [-0.3, -0.25) is 0 Å². The van der Waals surface area contributed by atoms with E-state index in [1.54, 1.807) is 0 Å². The molecule has 1 heterocycles. The van der Waals surface area contributed by atoms with Crippen LogP contribution in [-0.2, 0) is 16.6 Å². The van der Waals surface area contributed by atoms with Crippen LogP contribution in [0.15, 0.2) is 24.3 Å². The van der Waals surface area contributed by atoms with Crippen LogP contribution in [0.5, 0.6) is 0 Å². The van der Waals surface area contributed by atoms with Crippen molar-refractivity contribution < 1.29 is 13.5 Å². The molecule has 0 aliphatic carbocycles. The van der Waals surface area contributed by atoms with Gasteiger partial charge in [0, 0.05) is 13.1 Å². The highest BCUT2D eigenvalue weighted by Crippen LogP contribution is 2.27. The first kappa shape index (κ1) is 11.6. The Morgan fingerprint density at radius 2 is 2.06 bits per heavy atom. The maximum absolute atomic E-state index is 11.5. The largest absolute Gasteiger partial charge is 0.388 e. The van der Waals surface area contributed by atoms with Gasteiger partial charge in [-0.25, -0.2) is 8.42 Å². The second-order valence-corrected chi connectivity index (χ2v) is 6.08. The molecule has 1 aliphatic heterocycles. The number of fused-ring (bicyclic) bond motifs is 1. The van der Waals surface area contributed by atoms with Crippen molar-refractivity contribution in [3.63, 3.8) is 0 Å². The fraction of sp³-hybridized carbons (Fsp3) is 0.455. The monoisotopic (exact) mass is 241 g/mol. The average molecular weight is 241 g/mol. The number of rotatable bonds is 1. The predicted octanol–water partition coefficient (Wildman–Crippen LogP) is 0.885. The highest BCUT2D eigenvalue weighted by molar-refractivity contribution is 7.88. The van der Waals surface area contributed by atoms with Crippen LogP contribution < -0.4 is 0 Å². The summed E-state index contributed by atoms with van der Waals surface area (Å²) >= 11 is 0. The summed E-state index contributed by atoms with van der Waals surface area (Å²) in [6.45, 7) is 0.723. The smallest absolute Gasteiger partial charge is 0.211 e. The summed E-state index contributed by atoms with van der Waals surface area (Å²) in [7, 11) is -3.19. The average Bonchev–Trinajstić information content (AvgIpc) is 2.38. The molecule has 5 heteroatoms. The number of nitrogens with zero attached hydrogens (tertiary/aromatic N) is 1. The Morgan fingerprint density at radius 3 is 2.75 bits per heavy atom. The lowest BCUT2D eigenvalue weighted by atomic mass is 10.0. The lowest BCUT2D eigenvalue weighted by molar-refractivity contribution is 0.164. The molecule has 2 rings (SSSR count). The third-order valence-corrected chi connectivity index (χ3v) is 4.13. The van der Waals surface area contributed by atoms with Crippen molar-refractivity contribution in [1.29, 1.82) is 0 Å². The maximum Gasteiger partial charge on any atom is 0.211 e. The van der Waals surface area contributed by atoms with Gasteiger partial charge >= 0.3 is 0 Å². The number of hydrogen-bond donors (Lipinski definition) is 1. The molecule has 1 atom stereocenters. The standard InChI is InChI=1S/C11H15NO3S/c1-16(14,15)12-7-6-11(13)10-5-3-2-4-9(10)8-12/h2-5,11,13H,6-8H2,1H3. The van der Waals surface area contributed by atoms with Crippen LogP contribution in [0.1, 0.15) is 23.7 Å². The van der Waals surface area contributed by atoms with Gasteiger partial charge in [-0.2, -0.15) is 4.31 Å². The molecule has 0 aromatic heterocycles. The third kappa shape index (κ3) is 2.26. The van der Waals surface area contributed by atoms with E-state index in [2.05, 4.69) is 0 Å². The van der Waals surface area contributed by atoms with E-state index in [0.717, 1.165) is 11.1 Å². The normalized spacial score (nSPS) is 22.5. The van der Waals surface area contributed by atoms with E-state index in [0.29, 0.717) is 19.5 Å². The molecule has 1 aromatic rings. The van der Waals surface area contributed by atoms with E-state index in [9.17, 15) is 13.5 Å². The minimum atomic E-state index is -3.19. The van der Waals surface area contributed by atoms with Crippen molar-refractivity contribution in [3.8, 4) is 0 Å². The van der Waals surface area contributed by atoms with Gasteiger partial charge in [0.2, 0.25) is 10.0 Å². The van der Waals surface area contributed by atoms with E-state index < -0.39 is 16.1 Å². The molecule has 0 saturated carbocycles. The first-order valence-electron chi connectivity index (χ1n) is 5.19. The van der Waals surface area contributed by atoms with Crippen LogP contribution >= 0.6 is 0 Å². The van der Waals surface area contributed by atoms with Crippen molar-refractivity contribution in [2.75, 3.05) is 12.8 Å². The Hall–Kier alpha value is -0.910. The number of aliphatic hydroxyl groups excluding tert-OH is 1. The zero-order valence-corrected chi connectivity index (χ0v) is 9.94. The summed E-state index contributed by atoms with van der Waals surface area (Å²) in [6, 6.07) is 7.43. The van der Waals surface area contributed by atoms with Crippen LogP contribution in [0.2, 0.25) is 0 Å². The molecule has 0 saturated heterocycles. The molecule has 0 spiro atoms. The van der Waals surface area contributed by atoms with Crippen molar-refractivity contribution >= 4 is 10.0 Å². The molecule has 88 valence electrons. The first-order valence-corrected chi connectivity index (χ1v) is 7.04. The number of hydrogen-bond acceptors (Lipinski definition) is 3. The number of aliphatic hydroxyl groups is 1. The van der Waals surface area contributed by atoms with E-state index >= 15 is 0 Å². The highest BCUT2D eigenvalue weighted by Gasteiger charge is 2.24. The highest BCUT2D eigenvalue weighted by atomic mass is 32.2. The minimum Gasteiger partial charge on any atom is -0.388 e. The summed E-state index contributed by atoms with van der Waals surface area (Å²) in [5.74, 6) is 0. The molecular formula is C11H15NO3S. The van der Waals surface area contributed by atoms with Crippen molar-refractivity contribution in [3.05, 3.63) is 35.4 Å². The van der Waals surface area contributed by atoms with E-state index in [1.165, 1.54) is 10.6 Å².